The lowest BCUT2D eigenvalue weighted by Gasteiger charge is -2.11. The monoisotopic (exact) mass is 441 g/mol. The molecule has 2 heterocycles. The highest BCUT2D eigenvalue weighted by molar-refractivity contribution is 5.80. The lowest BCUT2D eigenvalue weighted by Crippen LogP contribution is -2.34. The third-order valence-electron chi connectivity index (χ3n) is 6.57. The summed E-state index contributed by atoms with van der Waals surface area (Å²) >= 11 is 0. The van der Waals surface area contributed by atoms with Crippen LogP contribution in [0.5, 0.6) is 0 Å². The maximum absolute atomic E-state index is 12.1. The van der Waals surface area contributed by atoms with E-state index >= 15 is 0 Å². The minimum atomic E-state index is -0.240. The van der Waals surface area contributed by atoms with Crippen LogP contribution in [0.1, 0.15) is 96.2 Å². The third kappa shape index (κ3) is 7.91. The molecule has 1 N–H and O–H groups in total. The number of fused-ring (bicyclic) bond motifs is 1. The Bertz CT molecular complexity index is 795. The quantitative estimate of drug-likeness (QED) is 0.316. The van der Waals surface area contributed by atoms with Crippen molar-refractivity contribution in [3.63, 3.8) is 0 Å². The molecular formula is C27H43N3O2. The second kappa shape index (κ2) is 14.3. The molecule has 2 aromatic rings. The number of rotatable bonds is 16. The molecule has 1 aliphatic rings. The molecule has 1 unspecified atom stereocenters. The first-order valence-corrected chi connectivity index (χ1v) is 13.1. The van der Waals surface area contributed by atoms with Gasteiger partial charge in [0.2, 0.25) is 5.91 Å². The maximum atomic E-state index is 12.1. The molecule has 1 aliphatic heterocycles. The molecule has 1 amide bonds. The summed E-state index contributed by atoms with van der Waals surface area (Å²) in [4.78, 5) is 17.0. The fourth-order valence-corrected chi connectivity index (χ4v) is 4.68. The molecule has 3 rings (SSSR count). The Kier molecular flexibility index (Phi) is 11.1. The van der Waals surface area contributed by atoms with E-state index in [2.05, 4.69) is 41.1 Å². The number of amides is 1. The Labute approximate surface area is 194 Å². The Morgan fingerprint density at radius 3 is 2.47 bits per heavy atom. The van der Waals surface area contributed by atoms with Crippen LogP contribution in [-0.4, -0.2) is 34.7 Å². The van der Waals surface area contributed by atoms with E-state index in [0.29, 0.717) is 13.2 Å². The van der Waals surface area contributed by atoms with Crippen molar-refractivity contribution in [3.8, 4) is 0 Å². The van der Waals surface area contributed by atoms with Crippen molar-refractivity contribution in [2.45, 2.75) is 109 Å². The molecular weight excluding hydrogens is 398 g/mol. The van der Waals surface area contributed by atoms with Crippen molar-refractivity contribution in [2.75, 3.05) is 13.2 Å². The fourth-order valence-electron chi connectivity index (χ4n) is 4.68. The minimum Gasteiger partial charge on any atom is -0.368 e. The van der Waals surface area contributed by atoms with Gasteiger partial charge in [-0.15, -0.1) is 0 Å². The summed E-state index contributed by atoms with van der Waals surface area (Å²) in [5, 5.41) is 3.03. The minimum absolute atomic E-state index is 0.0429. The second-order valence-corrected chi connectivity index (χ2v) is 9.25. The average molecular weight is 442 g/mol. The van der Waals surface area contributed by atoms with Gasteiger partial charge < -0.3 is 14.6 Å². The Hall–Kier alpha value is -1.88. The Balaban J connectivity index is 1.39. The molecule has 178 valence electrons. The number of imidazole rings is 1. The van der Waals surface area contributed by atoms with E-state index in [9.17, 15) is 4.79 Å². The first-order chi connectivity index (χ1) is 15.8. The first-order valence-electron chi connectivity index (χ1n) is 13.1. The van der Waals surface area contributed by atoms with Crippen LogP contribution in [0.2, 0.25) is 0 Å². The first kappa shape index (κ1) is 24.8. The Morgan fingerprint density at radius 2 is 1.75 bits per heavy atom. The number of hydrogen-bond acceptors (Lipinski definition) is 3. The number of nitrogens with one attached hydrogen (secondary N) is 1. The van der Waals surface area contributed by atoms with Gasteiger partial charge in [0, 0.05) is 26.1 Å². The highest BCUT2D eigenvalue weighted by Crippen LogP contribution is 2.19. The van der Waals surface area contributed by atoms with Gasteiger partial charge in [0.1, 0.15) is 11.9 Å². The zero-order chi connectivity index (χ0) is 22.4. The van der Waals surface area contributed by atoms with Gasteiger partial charge in [0.05, 0.1) is 11.0 Å². The van der Waals surface area contributed by atoms with Crippen LogP contribution in [0.15, 0.2) is 24.3 Å². The van der Waals surface area contributed by atoms with Crippen molar-refractivity contribution in [1.82, 2.24) is 14.9 Å². The highest BCUT2D eigenvalue weighted by Gasteiger charge is 2.22. The molecule has 1 saturated heterocycles. The van der Waals surface area contributed by atoms with Crippen molar-refractivity contribution in [2.24, 2.45) is 0 Å². The van der Waals surface area contributed by atoms with Crippen molar-refractivity contribution in [1.29, 1.82) is 0 Å². The zero-order valence-electron chi connectivity index (χ0n) is 20.1. The van der Waals surface area contributed by atoms with Gasteiger partial charge in [-0.25, -0.2) is 4.98 Å². The third-order valence-corrected chi connectivity index (χ3v) is 6.57. The molecule has 32 heavy (non-hydrogen) atoms. The second-order valence-electron chi connectivity index (χ2n) is 9.25. The van der Waals surface area contributed by atoms with Gasteiger partial charge in [-0.05, 0) is 37.8 Å². The number of aryl methyl sites for hydroxylation is 2. The molecule has 0 aliphatic carbocycles. The van der Waals surface area contributed by atoms with Crippen molar-refractivity contribution >= 4 is 16.9 Å². The molecule has 1 atom stereocenters. The highest BCUT2D eigenvalue weighted by atomic mass is 16.5. The van der Waals surface area contributed by atoms with Gasteiger partial charge in [-0.3, -0.25) is 4.79 Å². The van der Waals surface area contributed by atoms with Crippen LogP contribution < -0.4 is 5.32 Å². The summed E-state index contributed by atoms with van der Waals surface area (Å²) in [7, 11) is 0. The number of aromatic nitrogens is 2. The van der Waals surface area contributed by atoms with E-state index in [-0.39, 0.29) is 12.0 Å². The number of nitrogens with zero attached hydrogens (tertiary/aromatic N) is 2. The number of benzene rings is 1. The number of unbranched alkanes of at least 4 members (excludes halogenated alkanes) is 9. The Morgan fingerprint density at radius 1 is 1.03 bits per heavy atom. The van der Waals surface area contributed by atoms with Gasteiger partial charge in [0.15, 0.2) is 0 Å². The smallest absolute Gasteiger partial charge is 0.249 e. The lowest BCUT2D eigenvalue weighted by molar-refractivity contribution is -0.130. The van der Waals surface area contributed by atoms with E-state index in [1.807, 2.05) is 0 Å². The summed E-state index contributed by atoms with van der Waals surface area (Å²) < 4.78 is 7.87. The van der Waals surface area contributed by atoms with Gasteiger partial charge in [-0.1, -0.05) is 76.8 Å². The van der Waals surface area contributed by atoms with E-state index in [0.717, 1.165) is 43.6 Å². The average Bonchev–Trinajstić information content (AvgIpc) is 3.46. The standard InChI is InChI=1S/C27H43N3O2/c1-2-3-4-5-6-7-8-9-10-13-21-30-24-17-12-11-16-23(24)29-26(30)19-14-20-28-27(31)25-18-15-22-32-25/h11-12,16-17,25H,2-10,13-15,18-22H2,1H3,(H,28,31). The van der Waals surface area contributed by atoms with Crippen LogP contribution in [0.4, 0.5) is 0 Å². The summed E-state index contributed by atoms with van der Waals surface area (Å²) in [6, 6.07) is 8.45. The predicted molar refractivity (Wildman–Crippen MR) is 132 cm³/mol. The van der Waals surface area contributed by atoms with Crippen LogP contribution >= 0.6 is 0 Å². The lowest BCUT2D eigenvalue weighted by atomic mass is 10.1. The largest absolute Gasteiger partial charge is 0.368 e. The van der Waals surface area contributed by atoms with Gasteiger partial charge in [-0.2, -0.15) is 0 Å². The summed E-state index contributed by atoms with van der Waals surface area (Å²) in [5.74, 6) is 1.19. The normalized spacial score (nSPS) is 16.1. The number of ether oxygens (including phenoxy) is 1. The number of hydrogen-bond donors (Lipinski definition) is 1. The molecule has 1 aromatic carbocycles. The van der Waals surface area contributed by atoms with E-state index in [1.165, 1.54) is 69.7 Å². The van der Waals surface area contributed by atoms with Crippen LogP contribution in [0.3, 0.4) is 0 Å². The van der Waals surface area contributed by atoms with Crippen molar-refractivity contribution < 1.29 is 9.53 Å². The predicted octanol–water partition coefficient (Wildman–Crippen LogP) is 6.19. The van der Waals surface area contributed by atoms with E-state index in [4.69, 9.17) is 9.72 Å². The number of carbonyl (C=O) groups excluding carboxylic acids is 1. The van der Waals surface area contributed by atoms with E-state index < -0.39 is 0 Å². The molecule has 1 fully saturated rings. The van der Waals surface area contributed by atoms with Crippen LogP contribution in [-0.2, 0) is 22.5 Å². The molecule has 5 nitrogen and oxygen atoms in total. The van der Waals surface area contributed by atoms with E-state index in [1.54, 1.807) is 0 Å². The van der Waals surface area contributed by atoms with Crippen molar-refractivity contribution in [3.05, 3.63) is 30.1 Å². The molecule has 1 aromatic heterocycles. The molecule has 0 saturated carbocycles. The molecule has 0 radical (unpaired) electrons. The molecule has 0 bridgehead atoms. The molecule has 0 spiro atoms. The summed E-state index contributed by atoms with van der Waals surface area (Å²) in [6.45, 7) is 4.70. The summed E-state index contributed by atoms with van der Waals surface area (Å²) in [6.07, 6.45) is 16.9. The SMILES string of the molecule is CCCCCCCCCCCCn1c(CCCNC(=O)C2CCCO2)nc2ccccc21. The summed E-state index contributed by atoms with van der Waals surface area (Å²) in [5.41, 5.74) is 2.32. The van der Waals surface area contributed by atoms with Gasteiger partial charge >= 0.3 is 0 Å². The fraction of sp³-hybridized carbons (Fsp3) is 0.704. The number of para-hydroxylation sites is 2. The van der Waals surface area contributed by atoms with Crippen LogP contribution in [0, 0.1) is 0 Å². The molecule has 5 heteroatoms. The van der Waals surface area contributed by atoms with Crippen LogP contribution in [0.25, 0.3) is 11.0 Å². The number of carbonyl (C=O) groups is 1. The zero-order valence-corrected chi connectivity index (χ0v) is 20.1. The maximum Gasteiger partial charge on any atom is 0.249 e. The van der Waals surface area contributed by atoms with Gasteiger partial charge in [0.25, 0.3) is 0 Å². The topological polar surface area (TPSA) is 56.2 Å².